The fourth-order valence-corrected chi connectivity index (χ4v) is 2.83. The van der Waals surface area contributed by atoms with Crippen LogP contribution in [-0.4, -0.2) is 27.3 Å². The molecule has 2 heterocycles. The number of hydrogen-bond acceptors (Lipinski definition) is 3. The minimum atomic E-state index is 0. The highest BCUT2D eigenvalue weighted by molar-refractivity contribution is 14.0. The van der Waals surface area contributed by atoms with Crippen LogP contribution in [0.5, 0.6) is 0 Å². The predicted molar refractivity (Wildman–Crippen MR) is 108 cm³/mol. The van der Waals surface area contributed by atoms with Gasteiger partial charge in [-0.05, 0) is 31.9 Å². The van der Waals surface area contributed by atoms with Gasteiger partial charge in [-0.2, -0.15) is 0 Å². The molecule has 0 unspecified atom stereocenters. The maximum absolute atomic E-state index is 5.94. The third kappa shape index (κ3) is 4.93. The van der Waals surface area contributed by atoms with Crippen molar-refractivity contribution >= 4 is 35.6 Å². The summed E-state index contributed by atoms with van der Waals surface area (Å²) in [5.74, 6) is 2.57. The molecule has 0 aliphatic carbocycles. The smallest absolute Gasteiger partial charge is 0.193 e. The Kier molecular flexibility index (Phi) is 7.01. The zero-order valence-corrected chi connectivity index (χ0v) is 16.4. The van der Waals surface area contributed by atoms with Gasteiger partial charge in [-0.3, -0.25) is 4.99 Å². The molecule has 0 bridgehead atoms. The second-order valence-electron chi connectivity index (χ2n) is 6.00. The molecule has 24 heavy (non-hydrogen) atoms. The van der Waals surface area contributed by atoms with Crippen molar-refractivity contribution in [1.82, 2.24) is 14.8 Å². The number of anilines is 1. The molecule has 0 saturated heterocycles. The molecule has 1 aliphatic rings. The van der Waals surface area contributed by atoms with E-state index < -0.39 is 0 Å². The lowest BCUT2D eigenvalue weighted by Crippen LogP contribution is -2.23. The summed E-state index contributed by atoms with van der Waals surface area (Å²) in [4.78, 5) is 4.39. The molecule has 6 nitrogen and oxygen atoms in total. The molecule has 7 heteroatoms. The fourth-order valence-electron chi connectivity index (χ4n) is 2.83. The normalized spacial score (nSPS) is 14.5. The summed E-state index contributed by atoms with van der Waals surface area (Å²) in [7, 11) is 0. The van der Waals surface area contributed by atoms with Crippen molar-refractivity contribution in [3.05, 3.63) is 41.5 Å². The van der Waals surface area contributed by atoms with Gasteiger partial charge >= 0.3 is 0 Å². The molecule has 3 N–H and O–H groups in total. The molecule has 0 radical (unpaired) electrons. The third-order valence-electron chi connectivity index (χ3n) is 4.13. The Labute approximate surface area is 160 Å². The molecule has 1 aromatic heterocycles. The summed E-state index contributed by atoms with van der Waals surface area (Å²) >= 11 is 0. The minimum absolute atomic E-state index is 0. The van der Waals surface area contributed by atoms with E-state index in [4.69, 9.17) is 5.73 Å². The van der Waals surface area contributed by atoms with Crippen LogP contribution in [0.15, 0.2) is 29.3 Å². The number of nitrogens with one attached hydrogen (secondary N) is 1. The van der Waals surface area contributed by atoms with E-state index in [1.807, 2.05) is 24.3 Å². The first-order valence-corrected chi connectivity index (χ1v) is 8.27. The molecular formula is C17H25IN6. The van der Waals surface area contributed by atoms with Crippen LogP contribution in [0.2, 0.25) is 0 Å². The summed E-state index contributed by atoms with van der Waals surface area (Å²) in [5, 5.41) is 11.7. The number of aromatic nitrogens is 3. The van der Waals surface area contributed by atoms with Crippen molar-refractivity contribution in [1.29, 1.82) is 0 Å². The standard InChI is InChI=1S/C17H24N6.HI/c1-13-6-8-14(9-7-13)20-17(18)19-11-10-16-22-21-15-5-3-2-4-12-23(15)16;/h6-9H,2-5,10-12H2,1H3,(H3,18,19,20);1H. The molecule has 0 atom stereocenters. The Morgan fingerprint density at radius 2 is 2.00 bits per heavy atom. The Hall–Kier alpha value is -1.64. The lowest BCUT2D eigenvalue weighted by molar-refractivity contribution is 0.605. The van der Waals surface area contributed by atoms with Gasteiger partial charge in [0.05, 0.1) is 0 Å². The first-order valence-electron chi connectivity index (χ1n) is 8.27. The number of guanidine groups is 1. The molecule has 1 aliphatic heterocycles. The number of nitrogens with zero attached hydrogens (tertiary/aromatic N) is 4. The molecule has 0 spiro atoms. The molecule has 2 aromatic rings. The van der Waals surface area contributed by atoms with Gasteiger partial charge in [0.2, 0.25) is 0 Å². The quantitative estimate of drug-likeness (QED) is 0.435. The average molecular weight is 440 g/mol. The van der Waals surface area contributed by atoms with Gasteiger partial charge in [-0.15, -0.1) is 34.2 Å². The molecule has 1 aromatic carbocycles. The van der Waals surface area contributed by atoms with E-state index >= 15 is 0 Å². The van der Waals surface area contributed by atoms with E-state index in [0.717, 1.165) is 36.7 Å². The van der Waals surface area contributed by atoms with Crippen LogP contribution in [-0.2, 0) is 19.4 Å². The monoisotopic (exact) mass is 440 g/mol. The number of halogens is 1. The highest BCUT2D eigenvalue weighted by Crippen LogP contribution is 2.14. The van der Waals surface area contributed by atoms with Gasteiger partial charge in [0.1, 0.15) is 11.6 Å². The highest BCUT2D eigenvalue weighted by Gasteiger charge is 2.13. The molecule has 0 saturated carbocycles. The van der Waals surface area contributed by atoms with Crippen molar-refractivity contribution in [3.8, 4) is 0 Å². The van der Waals surface area contributed by atoms with E-state index in [1.54, 1.807) is 0 Å². The summed E-state index contributed by atoms with van der Waals surface area (Å²) in [6, 6.07) is 8.08. The number of benzene rings is 1. The van der Waals surface area contributed by atoms with Crippen molar-refractivity contribution in [2.24, 2.45) is 10.7 Å². The summed E-state index contributed by atoms with van der Waals surface area (Å²) in [6.45, 7) is 3.70. The molecule has 0 fully saturated rings. The van der Waals surface area contributed by atoms with Gasteiger partial charge in [0, 0.05) is 31.6 Å². The second-order valence-corrected chi connectivity index (χ2v) is 6.00. The third-order valence-corrected chi connectivity index (χ3v) is 4.13. The molecule has 130 valence electrons. The number of nitrogens with two attached hydrogens (primary N) is 1. The van der Waals surface area contributed by atoms with Crippen molar-refractivity contribution < 1.29 is 0 Å². The molecular weight excluding hydrogens is 415 g/mol. The second kappa shape index (κ2) is 9.00. The Morgan fingerprint density at radius 1 is 1.21 bits per heavy atom. The maximum atomic E-state index is 5.94. The number of hydrogen-bond donors (Lipinski definition) is 2. The van der Waals surface area contributed by atoms with Crippen LogP contribution >= 0.6 is 24.0 Å². The van der Waals surface area contributed by atoms with Crippen LogP contribution in [0.4, 0.5) is 5.69 Å². The SMILES string of the molecule is Cc1ccc(NC(N)=NCCc2nnc3n2CCCCC3)cc1.I. The summed E-state index contributed by atoms with van der Waals surface area (Å²) in [5.41, 5.74) is 8.12. The number of aliphatic imine (C=N–C) groups is 1. The highest BCUT2D eigenvalue weighted by atomic mass is 127. The minimum Gasteiger partial charge on any atom is -0.370 e. The van der Waals surface area contributed by atoms with E-state index in [-0.39, 0.29) is 24.0 Å². The summed E-state index contributed by atoms with van der Waals surface area (Å²) < 4.78 is 2.26. The van der Waals surface area contributed by atoms with Crippen LogP contribution in [0, 0.1) is 6.92 Å². The van der Waals surface area contributed by atoms with Gasteiger partial charge in [0.25, 0.3) is 0 Å². The largest absolute Gasteiger partial charge is 0.370 e. The van der Waals surface area contributed by atoms with Gasteiger partial charge < -0.3 is 15.6 Å². The average Bonchev–Trinajstić information content (AvgIpc) is 2.78. The van der Waals surface area contributed by atoms with Crippen LogP contribution in [0.3, 0.4) is 0 Å². The number of aryl methyl sites for hydroxylation is 2. The molecule has 3 rings (SSSR count). The topological polar surface area (TPSA) is 81.1 Å². The Balaban J connectivity index is 0.00000208. The number of rotatable bonds is 4. The van der Waals surface area contributed by atoms with Crippen molar-refractivity contribution in [2.45, 2.75) is 45.6 Å². The van der Waals surface area contributed by atoms with Crippen molar-refractivity contribution in [2.75, 3.05) is 11.9 Å². The number of fused-ring (bicyclic) bond motifs is 1. The first kappa shape index (κ1) is 18.7. The van der Waals surface area contributed by atoms with E-state index in [9.17, 15) is 0 Å². The van der Waals surface area contributed by atoms with E-state index in [2.05, 4.69) is 32.0 Å². The van der Waals surface area contributed by atoms with Crippen LogP contribution in [0.25, 0.3) is 0 Å². The van der Waals surface area contributed by atoms with Crippen LogP contribution < -0.4 is 11.1 Å². The maximum Gasteiger partial charge on any atom is 0.193 e. The van der Waals surface area contributed by atoms with E-state index in [1.165, 1.54) is 24.8 Å². The predicted octanol–water partition coefficient (Wildman–Crippen LogP) is 2.90. The Bertz CT molecular complexity index is 677. The van der Waals surface area contributed by atoms with Gasteiger partial charge in [-0.25, -0.2) is 0 Å². The van der Waals surface area contributed by atoms with Gasteiger partial charge in [-0.1, -0.05) is 24.1 Å². The first-order chi connectivity index (χ1) is 11.2. The lowest BCUT2D eigenvalue weighted by atomic mass is 10.2. The zero-order valence-electron chi connectivity index (χ0n) is 14.0. The summed E-state index contributed by atoms with van der Waals surface area (Å²) in [6.07, 6.45) is 5.49. The molecule has 0 amide bonds. The van der Waals surface area contributed by atoms with Gasteiger partial charge in [0.15, 0.2) is 5.96 Å². The fraction of sp³-hybridized carbons (Fsp3) is 0.471. The Morgan fingerprint density at radius 3 is 2.79 bits per heavy atom. The van der Waals surface area contributed by atoms with Crippen LogP contribution in [0.1, 0.15) is 36.5 Å². The van der Waals surface area contributed by atoms with Crippen molar-refractivity contribution in [3.63, 3.8) is 0 Å². The zero-order chi connectivity index (χ0) is 16.1. The van der Waals surface area contributed by atoms with E-state index in [0.29, 0.717) is 12.5 Å². The lowest BCUT2D eigenvalue weighted by Gasteiger charge is -2.07.